The first-order valence-electron chi connectivity index (χ1n) is 9.20. The van der Waals surface area contributed by atoms with E-state index >= 15 is 0 Å². The zero-order valence-corrected chi connectivity index (χ0v) is 18.2. The van der Waals surface area contributed by atoms with Crippen LogP contribution in [0, 0.1) is 6.92 Å². The number of carbonyl (C=O) groups is 2. The smallest absolute Gasteiger partial charge is 0.320 e. The summed E-state index contributed by atoms with van der Waals surface area (Å²) in [6.45, 7) is 5.98. The lowest BCUT2D eigenvalue weighted by atomic mass is 10.2. The summed E-state index contributed by atoms with van der Waals surface area (Å²) >= 11 is 3.46. The van der Waals surface area contributed by atoms with Crippen molar-refractivity contribution < 1.29 is 24.2 Å². The van der Waals surface area contributed by atoms with Crippen LogP contribution in [0.15, 0.2) is 40.9 Å². The Labute approximate surface area is 178 Å². The normalized spacial score (nSPS) is 11.6. The van der Waals surface area contributed by atoms with Crippen LogP contribution in [0.2, 0.25) is 0 Å². The monoisotopic (exact) mass is 464 g/mol. The number of amides is 1. The molecule has 0 fully saturated rings. The van der Waals surface area contributed by atoms with Crippen molar-refractivity contribution >= 4 is 33.5 Å². The Morgan fingerprint density at radius 2 is 1.79 bits per heavy atom. The Morgan fingerprint density at radius 3 is 2.41 bits per heavy atom. The van der Waals surface area contributed by atoms with E-state index in [1.165, 1.54) is 0 Å². The van der Waals surface area contributed by atoms with Crippen molar-refractivity contribution in [2.45, 2.75) is 33.4 Å². The Balaban J connectivity index is 2.04. The fraction of sp³-hybridized carbons (Fsp3) is 0.333. The average molecular weight is 465 g/mol. The van der Waals surface area contributed by atoms with Gasteiger partial charge in [0, 0.05) is 16.7 Å². The topological polar surface area (TPSA) is 96.9 Å². The van der Waals surface area contributed by atoms with Gasteiger partial charge in [-0.3, -0.25) is 9.59 Å². The van der Waals surface area contributed by atoms with Crippen molar-refractivity contribution in [1.82, 2.24) is 5.32 Å². The van der Waals surface area contributed by atoms with Crippen molar-refractivity contribution in [2.24, 2.45) is 0 Å². The summed E-state index contributed by atoms with van der Waals surface area (Å²) < 4.78 is 12.0. The van der Waals surface area contributed by atoms with Gasteiger partial charge in [0.05, 0.1) is 6.61 Å². The number of carboxylic acid groups (broad SMARTS) is 1. The molecule has 7 nitrogen and oxygen atoms in total. The molecule has 156 valence electrons. The highest BCUT2D eigenvalue weighted by molar-refractivity contribution is 9.10. The van der Waals surface area contributed by atoms with Crippen LogP contribution in [0.3, 0.4) is 0 Å². The van der Waals surface area contributed by atoms with E-state index in [0.29, 0.717) is 30.3 Å². The number of aliphatic carboxylic acids is 1. The van der Waals surface area contributed by atoms with Crippen molar-refractivity contribution in [3.8, 4) is 11.5 Å². The van der Waals surface area contributed by atoms with E-state index in [1.807, 2.05) is 38.1 Å². The molecule has 0 bridgehead atoms. The second-order valence-electron chi connectivity index (χ2n) is 6.47. The molecule has 2 rings (SSSR count). The van der Waals surface area contributed by atoms with Gasteiger partial charge in [-0.2, -0.15) is 0 Å². The molecule has 0 saturated heterocycles. The molecule has 0 spiro atoms. The number of carbonyl (C=O) groups excluding carboxylic acids is 1. The molecule has 0 aromatic heterocycles. The number of hydrogen-bond acceptors (Lipinski definition) is 5. The first-order chi connectivity index (χ1) is 13.8. The van der Waals surface area contributed by atoms with Gasteiger partial charge in [0.1, 0.15) is 6.04 Å². The Morgan fingerprint density at radius 1 is 1.14 bits per heavy atom. The summed E-state index contributed by atoms with van der Waals surface area (Å²) in [5, 5.41) is 14.7. The van der Waals surface area contributed by atoms with Gasteiger partial charge < -0.3 is 25.2 Å². The minimum atomic E-state index is -0.925. The van der Waals surface area contributed by atoms with Crippen molar-refractivity contribution in [1.29, 1.82) is 0 Å². The Kier molecular flexibility index (Phi) is 8.48. The van der Waals surface area contributed by atoms with Gasteiger partial charge in [-0.1, -0.05) is 33.6 Å². The third kappa shape index (κ3) is 7.07. The van der Waals surface area contributed by atoms with E-state index in [4.69, 9.17) is 14.6 Å². The van der Waals surface area contributed by atoms with Crippen LogP contribution in [0.25, 0.3) is 0 Å². The molecule has 1 amide bonds. The average Bonchev–Trinajstić information content (AvgIpc) is 2.68. The van der Waals surface area contributed by atoms with Gasteiger partial charge in [-0.15, -0.1) is 0 Å². The minimum absolute atomic E-state index is 0.173. The summed E-state index contributed by atoms with van der Waals surface area (Å²) in [4.78, 5) is 23.1. The highest BCUT2D eigenvalue weighted by Gasteiger charge is 2.15. The quantitative estimate of drug-likeness (QED) is 0.495. The maximum absolute atomic E-state index is 12.2. The summed E-state index contributed by atoms with van der Waals surface area (Å²) in [7, 11) is 0. The van der Waals surface area contributed by atoms with Crippen LogP contribution in [-0.4, -0.2) is 36.2 Å². The summed E-state index contributed by atoms with van der Waals surface area (Å²) in [6.07, 6.45) is 0. The lowest BCUT2D eigenvalue weighted by molar-refractivity contribution is -0.139. The number of hydrogen-bond donors (Lipinski definition) is 3. The van der Waals surface area contributed by atoms with E-state index in [-0.39, 0.29) is 12.5 Å². The van der Waals surface area contributed by atoms with Crippen LogP contribution in [0.4, 0.5) is 5.69 Å². The fourth-order valence-electron chi connectivity index (χ4n) is 2.42. The summed E-state index contributed by atoms with van der Waals surface area (Å²) in [5.41, 5.74) is 2.63. The minimum Gasteiger partial charge on any atom is -0.490 e. The predicted molar refractivity (Wildman–Crippen MR) is 115 cm³/mol. The van der Waals surface area contributed by atoms with Gasteiger partial charge in [-0.25, -0.2) is 0 Å². The molecular formula is C21H25BrN2O5. The molecule has 0 aliphatic carbocycles. The van der Waals surface area contributed by atoms with Crippen LogP contribution in [0.5, 0.6) is 11.5 Å². The standard InChI is InChI=1S/C21H25BrN2O5/c1-4-28-18-9-15(11-23-14(3)21(26)27)17(22)10-19(18)29-12-20(25)24-16-7-5-13(2)6-8-16/h5-10,14,23H,4,11-12H2,1-3H3,(H,24,25)(H,26,27). The van der Waals surface area contributed by atoms with Gasteiger partial charge in [-0.05, 0) is 50.6 Å². The summed E-state index contributed by atoms with van der Waals surface area (Å²) in [6, 6.07) is 10.3. The van der Waals surface area contributed by atoms with Crippen molar-refractivity contribution in [3.05, 3.63) is 52.0 Å². The lowest BCUT2D eigenvalue weighted by Gasteiger charge is -2.16. The van der Waals surface area contributed by atoms with Crippen LogP contribution < -0.4 is 20.1 Å². The SMILES string of the molecule is CCOc1cc(CNC(C)C(=O)O)c(Br)cc1OCC(=O)Nc1ccc(C)cc1. The van der Waals surface area contributed by atoms with Gasteiger partial charge in [0.25, 0.3) is 5.91 Å². The maximum atomic E-state index is 12.2. The lowest BCUT2D eigenvalue weighted by Crippen LogP contribution is -2.33. The van der Waals surface area contributed by atoms with Crippen LogP contribution in [0.1, 0.15) is 25.0 Å². The third-order valence-electron chi connectivity index (χ3n) is 4.08. The third-order valence-corrected chi connectivity index (χ3v) is 4.81. The Bertz CT molecular complexity index is 855. The number of halogens is 1. The molecule has 3 N–H and O–H groups in total. The molecule has 0 radical (unpaired) electrons. The number of ether oxygens (including phenoxy) is 2. The molecule has 0 aliphatic rings. The number of carboxylic acids is 1. The summed E-state index contributed by atoms with van der Waals surface area (Å²) in [5.74, 6) is -0.300. The molecule has 29 heavy (non-hydrogen) atoms. The molecule has 0 saturated carbocycles. The molecule has 8 heteroatoms. The number of rotatable bonds is 10. The highest BCUT2D eigenvalue weighted by Crippen LogP contribution is 2.34. The van der Waals surface area contributed by atoms with Crippen LogP contribution >= 0.6 is 15.9 Å². The molecule has 2 aromatic rings. The Hall–Kier alpha value is -2.58. The largest absolute Gasteiger partial charge is 0.490 e. The molecule has 0 heterocycles. The first kappa shape index (κ1) is 22.7. The maximum Gasteiger partial charge on any atom is 0.320 e. The van der Waals surface area contributed by atoms with Gasteiger partial charge >= 0.3 is 5.97 Å². The predicted octanol–water partition coefficient (Wildman–Crippen LogP) is 3.74. The van der Waals surface area contributed by atoms with Crippen molar-refractivity contribution in [3.63, 3.8) is 0 Å². The van der Waals surface area contributed by atoms with E-state index < -0.39 is 12.0 Å². The van der Waals surface area contributed by atoms with E-state index in [2.05, 4.69) is 26.6 Å². The molecule has 1 unspecified atom stereocenters. The van der Waals surface area contributed by atoms with Crippen molar-refractivity contribution in [2.75, 3.05) is 18.5 Å². The highest BCUT2D eigenvalue weighted by atomic mass is 79.9. The zero-order chi connectivity index (χ0) is 21.4. The van der Waals surface area contributed by atoms with Crippen LogP contribution in [-0.2, 0) is 16.1 Å². The number of aryl methyl sites for hydroxylation is 1. The molecular weight excluding hydrogens is 440 g/mol. The van der Waals surface area contributed by atoms with Gasteiger partial charge in [0.15, 0.2) is 18.1 Å². The number of benzene rings is 2. The number of anilines is 1. The molecule has 0 aliphatic heterocycles. The second-order valence-corrected chi connectivity index (χ2v) is 7.32. The van der Waals surface area contributed by atoms with E-state index in [1.54, 1.807) is 19.1 Å². The second kappa shape index (κ2) is 10.8. The molecule has 1 atom stereocenters. The van der Waals surface area contributed by atoms with E-state index in [9.17, 15) is 9.59 Å². The fourth-order valence-corrected chi connectivity index (χ4v) is 2.88. The van der Waals surface area contributed by atoms with Gasteiger partial charge in [0.2, 0.25) is 0 Å². The zero-order valence-electron chi connectivity index (χ0n) is 16.6. The molecule has 2 aromatic carbocycles. The van der Waals surface area contributed by atoms with E-state index in [0.717, 1.165) is 15.6 Å². The first-order valence-corrected chi connectivity index (χ1v) is 10.00. The number of nitrogens with one attached hydrogen (secondary N) is 2.